The Balaban J connectivity index is 2.34. The van der Waals surface area contributed by atoms with E-state index < -0.39 is 0 Å². The van der Waals surface area contributed by atoms with Crippen LogP contribution in [0.25, 0.3) is 10.9 Å². The molecule has 0 saturated heterocycles. The summed E-state index contributed by atoms with van der Waals surface area (Å²) in [5.74, 6) is 0. The second-order valence-corrected chi connectivity index (χ2v) is 5.31. The Morgan fingerprint density at radius 3 is 2.94 bits per heavy atom. The molecule has 2 aromatic rings. The van der Waals surface area contributed by atoms with Crippen molar-refractivity contribution in [1.29, 1.82) is 0 Å². The second kappa shape index (κ2) is 5.27. The van der Waals surface area contributed by atoms with Gasteiger partial charge in [0.25, 0.3) is 0 Å². The highest BCUT2D eigenvalue weighted by Crippen LogP contribution is 2.27. The maximum Gasteiger partial charge on any atom is 0.0743 e. The van der Waals surface area contributed by atoms with E-state index in [0.717, 1.165) is 23.1 Å². The molecule has 2 rings (SSSR count). The molecule has 0 aliphatic rings. The van der Waals surface area contributed by atoms with Crippen molar-refractivity contribution in [3.63, 3.8) is 0 Å². The third-order valence-electron chi connectivity index (χ3n) is 2.77. The van der Waals surface area contributed by atoms with Gasteiger partial charge in [0, 0.05) is 17.2 Å². The molecule has 0 radical (unpaired) electrons. The molecule has 1 aromatic carbocycles. The summed E-state index contributed by atoms with van der Waals surface area (Å²) in [4.78, 5) is 4.32. The van der Waals surface area contributed by atoms with Gasteiger partial charge in [0.2, 0.25) is 0 Å². The topological polar surface area (TPSA) is 50.9 Å². The molecule has 3 N–H and O–H groups in total. The summed E-state index contributed by atoms with van der Waals surface area (Å²) >= 11 is 1.84. The predicted octanol–water partition coefficient (Wildman–Crippen LogP) is 2.98. The number of rotatable bonds is 4. The fourth-order valence-corrected chi connectivity index (χ4v) is 1.93. The Morgan fingerprint density at radius 2 is 2.18 bits per heavy atom. The van der Waals surface area contributed by atoms with Crippen molar-refractivity contribution in [1.82, 2.24) is 4.98 Å². The minimum absolute atomic E-state index is 0.557. The van der Waals surface area contributed by atoms with Gasteiger partial charge in [-0.15, -0.1) is 0 Å². The van der Waals surface area contributed by atoms with Gasteiger partial charge in [0.15, 0.2) is 0 Å². The van der Waals surface area contributed by atoms with Gasteiger partial charge in [0.1, 0.15) is 0 Å². The molecule has 4 heteroatoms. The molecule has 0 saturated carbocycles. The maximum atomic E-state index is 5.98. The average Bonchev–Trinajstić information content (AvgIpc) is 2.37. The molecule has 3 nitrogen and oxygen atoms in total. The summed E-state index contributed by atoms with van der Waals surface area (Å²) in [5.41, 5.74) is 8.66. The first-order valence-corrected chi connectivity index (χ1v) is 6.91. The van der Waals surface area contributed by atoms with Gasteiger partial charge in [-0.3, -0.25) is 4.98 Å². The number of nitrogen functional groups attached to an aromatic ring is 1. The number of nitrogens with zero attached hydrogens (tertiary/aromatic N) is 1. The fraction of sp³-hybridized carbons (Fsp3) is 0.308. The van der Waals surface area contributed by atoms with E-state index in [1.165, 1.54) is 0 Å². The molecule has 1 aromatic heterocycles. The zero-order valence-corrected chi connectivity index (χ0v) is 10.9. The molecule has 0 bridgehead atoms. The van der Waals surface area contributed by atoms with Crippen LogP contribution >= 0.6 is 11.8 Å². The second-order valence-electron chi connectivity index (χ2n) is 4.03. The van der Waals surface area contributed by atoms with E-state index in [-0.39, 0.29) is 0 Å². The maximum absolute atomic E-state index is 5.98. The largest absolute Gasteiger partial charge is 0.396 e. The van der Waals surface area contributed by atoms with Crippen molar-refractivity contribution in [2.24, 2.45) is 0 Å². The van der Waals surface area contributed by atoms with Crippen molar-refractivity contribution in [3.8, 4) is 0 Å². The lowest BCUT2D eigenvalue weighted by atomic mass is 10.1. The van der Waals surface area contributed by atoms with Crippen molar-refractivity contribution < 1.29 is 0 Å². The molecular formula is C13H17N3S. The van der Waals surface area contributed by atoms with E-state index >= 15 is 0 Å². The molecule has 0 aliphatic carbocycles. The van der Waals surface area contributed by atoms with E-state index in [1.54, 1.807) is 6.20 Å². The molecule has 90 valence electrons. The Kier molecular flexibility index (Phi) is 3.74. The molecule has 1 atom stereocenters. The number of hydrogen-bond donors (Lipinski definition) is 2. The highest BCUT2D eigenvalue weighted by molar-refractivity contribution is 7.99. The van der Waals surface area contributed by atoms with Crippen LogP contribution in [0.15, 0.2) is 30.5 Å². The molecule has 0 spiro atoms. The van der Waals surface area contributed by atoms with E-state index in [2.05, 4.69) is 23.5 Å². The number of fused-ring (bicyclic) bond motifs is 1. The number of aromatic nitrogens is 1. The van der Waals surface area contributed by atoms with Crippen LogP contribution in [0.1, 0.15) is 6.92 Å². The third-order valence-corrected chi connectivity index (χ3v) is 3.74. The number of para-hydroxylation sites is 1. The summed E-state index contributed by atoms with van der Waals surface area (Å²) in [7, 11) is 0. The molecule has 1 unspecified atom stereocenters. The highest BCUT2D eigenvalue weighted by Gasteiger charge is 2.07. The number of pyridine rings is 1. The van der Waals surface area contributed by atoms with Crippen LogP contribution in [0, 0.1) is 0 Å². The monoisotopic (exact) mass is 247 g/mol. The quantitative estimate of drug-likeness (QED) is 0.872. The third kappa shape index (κ3) is 2.64. The smallest absolute Gasteiger partial charge is 0.0743 e. The normalized spacial score (nSPS) is 12.6. The Labute approximate surface area is 106 Å². The lowest BCUT2D eigenvalue weighted by molar-refractivity contribution is 1.01. The molecule has 0 amide bonds. The number of nitrogens with two attached hydrogens (primary N) is 1. The van der Waals surface area contributed by atoms with Crippen molar-refractivity contribution in [2.75, 3.05) is 23.9 Å². The standard InChI is InChI=1S/C13H17N3S/c1-9(17-2)7-16-13-10-5-3-4-6-12(10)15-8-11(13)14/h3-6,8-9H,7,14H2,1-2H3,(H,15,16). The SMILES string of the molecule is CSC(C)CNc1c(N)cnc2ccccc12. The van der Waals surface area contributed by atoms with Crippen LogP contribution in [0.2, 0.25) is 0 Å². The Morgan fingerprint density at radius 1 is 1.41 bits per heavy atom. The van der Waals surface area contributed by atoms with Gasteiger partial charge in [0.05, 0.1) is 23.1 Å². The van der Waals surface area contributed by atoms with Crippen LogP contribution in [0.3, 0.4) is 0 Å². The van der Waals surface area contributed by atoms with Crippen molar-refractivity contribution in [3.05, 3.63) is 30.5 Å². The van der Waals surface area contributed by atoms with Crippen LogP contribution in [-0.2, 0) is 0 Å². The molecule has 1 heterocycles. The van der Waals surface area contributed by atoms with Crippen LogP contribution < -0.4 is 11.1 Å². The van der Waals surface area contributed by atoms with Gasteiger partial charge in [-0.1, -0.05) is 25.1 Å². The summed E-state index contributed by atoms with van der Waals surface area (Å²) in [5, 5.41) is 5.06. The zero-order valence-electron chi connectivity index (χ0n) is 10.1. The molecule has 0 aliphatic heterocycles. The van der Waals surface area contributed by atoms with Crippen LogP contribution in [0.5, 0.6) is 0 Å². The first-order chi connectivity index (χ1) is 8.22. The minimum Gasteiger partial charge on any atom is -0.396 e. The summed E-state index contributed by atoms with van der Waals surface area (Å²) in [6, 6.07) is 8.04. The van der Waals surface area contributed by atoms with Gasteiger partial charge >= 0.3 is 0 Å². The number of thioether (sulfide) groups is 1. The minimum atomic E-state index is 0.557. The molecular weight excluding hydrogens is 230 g/mol. The first-order valence-electron chi connectivity index (χ1n) is 5.62. The van der Waals surface area contributed by atoms with E-state index in [1.807, 2.05) is 36.0 Å². The van der Waals surface area contributed by atoms with E-state index in [4.69, 9.17) is 5.73 Å². The summed E-state index contributed by atoms with van der Waals surface area (Å²) in [6.07, 6.45) is 3.83. The number of benzene rings is 1. The van der Waals surface area contributed by atoms with Gasteiger partial charge in [-0.25, -0.2) is 0 Å². The van der Waals surface area contributed by atoms with Gasteiger partial charge in [-0.2, -0.15) is 11.8 Å². The van der Waals surface area contributed by atoms with Crippen molar-refractivity contribution in [2.45, 2.75) is 12.2 Å². The van der Waals surface area contributed by atoms with Gasteiger partial charge in [-0.05, 0) is 12.3 Å². The van der Waals surface area contributed by atoms with Gasteiger partial charge < -0.3 is 11.1 Å². The van der Waals surface area contributed by atoms with Crippen LogP contribution in [0.4, 0.5) is 11.4 Å². The summed E-state index contributed by atoms with van der Waals surface area (Å²) < 4.78 is 0. The highest BCUT2D eigenvalue weighted by atomic mass is 32.2. The van der Waals surface area contributed by atoms with E-state index in [9.17, 15) is 0 Å². The lowest BCUT2D eigenvalue weighted by Crippen LogP contribution is -2.14. The number of hydrogen-bond acceptors (Lipinski definition) is 4. The first kappa shape index (κ1) is 12.0. The molecule has 17 heavy (non-hydrogen) atoms. The Hall–Kier alpha value is -1.42. The number of anilines is 2. The Bertz CT molecular complexity index is 513. The van der Waals surface area contributed by atoms with Crippen LogP contribution in [-0.4, -0.2) is 23.0 Å². The molecule has 0 fully saturated rings. The fourth-order valence-electron chi connectivity index (χ4n) is 1.68. The lowest BCUT2D eigenvalue weighted by Gasteiger charge is -2.14. The van der Waals surface area contributed by atoms with Crippen molar-refractivity contribution >= 4 is 34.0 Å². The predicted molar refractivity (Wildman–Crippen MR) is 77.6 cm³/mol. The zero-order chi connectivity index (χ0) is 12.3. The average molecular weight is 247 g/mol. The van der Waals surface area contributed by atoms with E-state index in [0.29, 0.717) is 10.9 Å². The number of nitrogens with one attached hydrogen (secondary N) is 1. The summed E-state index contributed by atoms with van der Waals surface area (Å²) in [6.45, 7) is 3.09.